The zero-order valence-electron chi connectivity index (χ0n) is 77.0. The third kappa shape index (κ3) is 32.9. The van der Waals surface area contributed by atoms with Crippen LogP contribution in [0.5, 0.6) is 0 Å². The van der Waals surface area contributed by atoms with Crippen molar-refractivity contribution in [3.8, 4) is 17.1 Å². The van der Waals surface area contributed by atoms with Crippen molar-refractivity contribution in [2.75, 3.05) is 61.8 Å². The van der Waals surface area contributed by atoms with E-state index in [9.17, 15) is 24.0 Å². The Labute approximate surface area is 794 Å². The Kier molecular flexibility index (Phi) is 40.5. The third-order valence-electron chi connectivity index (χ3n) is 20.4. The quantitative estimate of drug-likeness (QED) is 0.00657. The summed E-state index contributed by atoms with van der Waals surface area (Å²) in [5.41, 5.74) is 32.4. The largest absolute Gasteiger partial charge is 1.00 e. The van der Waals surface area contributed by atoms with Gasteiger partial charge in [0, 0.05) is 95.4 Å². The van der Waals surface area contributed by atoms with Crippen LogP contribution in [0, 0.1) is 45.1 Å². The molecule has 3 saturated carbocycles. The molecule has 6 aromatic heterocycles. The standard InChI is InChI=1S/C29H31N5O.C28H26N6O.C28H30N6O.C10H18O5.C4H13N3.B.ClH.Na.H/c1-3-21-6-4-9-26(17-21)34-27(16-20(2)33-34)29(35)32-25-8-5-7-24(18-25)28(31-19-22-10-11-22)23-12-14-30-15-13-23;1-19-15-26(34(33-19)25-8-4-6-23(17-25)29-2)28(35)32-24-7-3-5-22(16-24)27(31-18-20-9-10-20)21-11-13-30-14-12-21;1-19-14-26(34(33-19)25-7-2-4-21(15-25)17-29)28(35)32-24-6-3-5-23(16-24)27(31-18-20-8-9-20)22-10-12-30-13-11-22;1-9(2,3)14-7(11)13-8(12)15-10(4,5)6;5-1-3-7-4-2-6;;;;/h4-9,12-18,22,28,31H,3,10-11,19H2,1-2H3,(H,32,35);3-8,11-17,20,27,31H,9-10,18H2,1H3,(H,32,35);2-7,10-16,20,27,31H,8-9,17-18,29H2,1H3,(H,32,35);1-6H3;7H,1-6H2;;1H;;/q;;;;;;;+1;-1. The summed E-state index contributed by atoms with van der Waals surface area (Å²) >= 11 is 0. The number of benzene rings is 6. The molecule has 6 aromatic carbocycles. The number of hydrogen-bond acceptors (Lipinski definition) is 21. The molecular formula is C99H120BClN20NaO8. The van der Waals surface area contributed by atoms with E-state index < -0.39 is 23.5 Å². The summed E-state index contributed by atoms with van der Waals surface area (Å²) in [6, 6.07) is 64.7. The van der Waals surface area contributed by atoms with Crippen LogP contribution in [-0.4, -0.2) is 140 Å². The van der Waals surface area contributed by atoms with Crippen LogP contribution in [-0.2, 0) is 27.2 Å². The number of nitrogens with two attached hydrogens (primary N) is 3. The van der Waals surface area contributed by atoms with Crippen molar-refractivity contribution >= 4 is 73.6 Å². The number of amides is 3. The first-order valence-corrected chi connectivity index (χ1v) is 43.2. The number of aromatic nitrogens is 9. The zero-order valence-corrected chi connectivity index (χ0v) is 78.9. The summed E-state index contributed by atoms with van der Waals surface area (Å²) in [6.07, 6.45) is 17.4. The van der Waals surface area contributed by atoms with Crippen LogP contribution in [0.3, 0.4) is 0 Å². The summed E-state index contributed by atoms with van der Waals surface area (Å²) in [6.45, 7) is 31.5. The van der Waals surface area contributed by atoms with E-state index in [1.807, 2.05) is 185 Å². The minimum atomic E-state index is -1.06. The van der Waals surface area contributed by atoms with Crippen LogP contribution in [0.2, 0.25) is 0 Å². The Hall–Kier alpha value is -11.9. The van der Waals surface area contributed by atoms with Gasteiger partial charge in [0.15, 0.2) is 5.69 Å². The van der Waals surface area contributed by atoms with Gasteiger partial charge < -0.3 is 70.1 Å². The molecule has 3 unspecified atom stereocenters. The third-order valence-corrected chi connectivity index (χ3v) is 20.4. The van der Waals surface area contributed by atoms with Crippen molar-refractivity contribution in [2.45, 2.75) is 150 Å². The second-order valence-electron chi connectivity index (χ2n) is 33.6. The molecular weight excluding hydrogens is 1670 g/mol. The molecule has 3 aliphatic rings. The van der Waals surface area contributed by atoms with E-state index in [1.165, 1.54) is 44.1 Å². The number of nitrogens with zero attached hydrogens (tertiary/aromatic N) is 10. The summed E-state index contributed by atoms with van der Waals surface area (Å²) in [7, 11) is 0. The molecule has 675 valence electrons. The Balaban J connectivity index is 0.000000238. The molecule has 130 heavy (non-hydrogen) atoms. The average Bonchev–Trinajstić information content (AvgIpc) is 1.71. The number of nitrogens with one attached hydrogen (secondary N) is 7. The molecule has 15 rings (SSSR count). The predicted molar refractivity (Wildman–Crippen MR) is 511 cm³/mol. The van der Waals surface area contributed by atoms with Crippen LogP contribution in [0.15, 0.2) is 237 Å². The number of pyridine rings is 3. The van der Waals surface area contributed by atoms with Crippen molar-refractivity contribution in [2.24, 2.45) is 35.0 Å². The minimum absolute atomic E-state index is 0. The predicted octanol–water partition coefficient (Wildman–Crippen LogP) is 13.8. The van der Waals surface area contributed by atoms with Gasteiger partial charge in [0.25, 0.3) is 17.7 Å². The van der Waals surface area contributed by atoms with Gasteiger partial charge in [-0.3, -0.25) is 29.3 Å². The van der Waals surface area contributed by atoms with Crippen molar-refractivity contribution in [1.82, 2.24) is 65.6 Å². The fraction of sp³-hybridized carbons (Fsp3) is 0.333. The van der Waals surface area contributed by atoms with Crippen LogP contribution in [0.1, 0.15) is 200 Å². The molecule has 3 aliphatic carbocycles. The van der Waals surface area contributed by atoms with Gasteiger partial charge in [-0.1, -0.05) is 79.7 Å². The van der Waals surface area contributed by atoms with Gasteiger partial charge in [0.05, 0.1) is 58.8 Å². The van der Waals surface area contributed by atoms with Gasteiger partial charge in [-0.05, 0) is 317 Å². The summed E-state index contributed by atoms with van der Waals surface area (Å²) in [4.78, 5) is 78.0. The molecule has 3 atom stereocenters. The van der Waals surface area contributed by atoms with Crippen LogP contribution >= 0.6 is 12.4 Å². The van der Waals surface area contributed by atoms with E-state index in [-0.39, 0.29) is 87.7 Å². The maximum absolute atomic E-state index is 13.4. The van der Waals surface area contributed by atoms with E-state index in [1.54, 1.807) is 98.3 Å². The van der Waals surface area contributed by atoms with Crippen LogP contribution < -0.4 is 84.0 Å². The van der Waals surface area contributed by atoms with Gasteiger partial charge in [-0.2, -0.15) is 15.3 Å². The Morgan fingerprint density at radius 2 is 0.762 bits per heavy atom. The van der Waals surface area contributed by atoms with Crippen molar-refractivity contribution in [3.05, 3.63) is 327 Å². The summed E-state index contributed by atoms with van der Waals surface area (Å²) in [5, 5.41) is 37.0. The van der Waals surface area contributed by atoms with Crippen LogP contribution in [0.25, 0.3) is 21.9 Å². The number of hydrogen-bond donors (Lipinski definition) is 10. The molecule has 0 saturated heterocycles. The van der Waals surface area contributed by atoms with Gasteiger partial charge in [-0.15, -0.1) is 12.4 Å². The van der Waals surface area contributed by atoms with E-state index in [2.05, 4.69) is 114 Å². The number of rotatable bonds is 30. The molecule has 3 amide bonds. The molecule has 6 heterocycles. The van der Waals surface area contributed by atoms with E-state index in [4.69, 9.17) is 33.2 Å². The first-order chi connectivity index (χ1) is 61.2. The van der Waals surface area contributed by atoms with E-state index in [0.717, 1.165) is 136 Å². The van der Waals surface area contributed by atoms with Crippen LogP contribution in [0.4, 0.5) is 32.3 Å². The molecule has 13 N–H and O–H groups in total. The second kappa shape index (κ2) is 50.9. The van der Waals surface area contributed by atoms with Gasteiger partial charge in [0.1, 0.15) is 28.3 Å². The first-order valence-electron chi connectivity index (χ1n) is 43.2. The number of halogens is 1. The number of carbonyl (C=O) groups excluding carboxylic acids is 5. The SMILES string of the molecule is CC(C)(C)OC(=O)OC(=O)OC(C)(C)C.CCc1cccc(-n2nc(C)cc2C(=O)Nc2cccc(C(NCC3CC3)c3ccncc3)c2)c1.Cc1cc(C(=O)Nc2cccc(C(NCC3CC3)c3ccncc3)c2)n(-c2cccc(CN)c2)n1.Cl.NCCNCCN.[B].[C-]#[N+]c1cccc(-n2nc(C)cc2C(=O)Nc2cccc(C(NCC3CC3)c3ccncc3)c2)c1.[H-].[Na+]. The first kappa shape index (κ1) is 103. The molecule has 31 heteroatoms. The number of anilines is 3. The topological polar surface area (TPSA) is 372 Å². The van der Waals surface area contributed by atoms with Gasteiger partial charge >= 0.3 is 41.9 Å². The minimum Gasteiger partial charge on any atom is -1.00 e. The van der Waals surface area contributed by atoms with Crippen molar-refractivity contribution in [1.29, 1.82) is 0 Å². The average molecular weight is 1790 g/mol. The van der Waals surface area contributed by atoms with Crippen molar-refractivity contribution in [3.63, 3.8) is 0 Å². The molecule has 0 bridgehead atoms. The van der Waals surface area contributed by atoms with Gasteiger partial charge in [0.2, 0.25) is 0 Å². The number of ether oxygens (including phenoxy) is 3. The van der Waals surface area contributed by atoms with Gasteiger partial charge in [-0.25, -0.2) is 28.5 Å². The fourth-order valence-electron chi connectivity index (χ4n) is 13.7. The Morgan fingerprint density at radius 1 is 0.446 bits per heavy atom. The molecule has 0 spiro atoms. The molecule has 3 fully saturated rings. The Bertz CT molecular complexity index is 5430. The normalized spacial score (nSPS) is 13.1. The Morgan fingerprint density at radius 3 is 1.07 bits per heavy atom. The summed E-state index contributed by atoms with van der Waals surface area (Å²) < 4.78 is 18.8. The molecule has 3 radical (unpaired) electrons. The smallest absolute Gasteiger partial charge is 1.00 e. The fourth-order valence-corrected chi connectivity index (χ4v) is 13.7. The summed E-state index contributed by atoms with van der Waals surface area (Å²) in [5.74, 6) is 1.60. The monoisotopic (exact) mass is 1790 g/mol. The number of aryl methyl sites for hydroxylation is 4. The molecule has 12 aromatic rings. The maximum Gasteiger partial charge on any atom is 1.00 e. The van der Waals surface area contributed by atoms with E-state index >= 15 is 0 Å². The zero-order chi connectivity index (χ0) is 90.4. The maximum atomic E-state index is 13.4. The van der Waals surface area contributed by atoms with Crippen molar-refractivity contribution < 1.29 is 69.2 Å². The second-order valence-corrected chi connectivity index (χ2v) is 33.6. The molecule has 28 nitrogen and oxygen atoms in total. The number of carbonyl (C=O) groups is 5. The molecule has 0 aliphatic heterocycles. The van der Waals surface area contributed by atoms with E-state index in [0.29, 0.717) is 53.8 Å².